The van der Waals surface area contributed by atoms with E-state index in [1.54, 1.807) is 0 Å². The van der Waals surface area contributed by atoms with Crippen molar-refractivity contribution < 1.29 is 19.1 Å². The van der Waals surface area contributed by atoms with Gasteiger partial charge in [-0.15, -0.1) is 0 Å². The van der Waals surface area contributed by atoms with Crippen molar-refractivity contribution in [2.24, 2.45) is 0 Å². The van der Waals surface area contributed by atoms with Crippen LogP contribution in [0.5, 0.6) is 0 Å². The van der Waals surface area contributed by atoms with E-state index in [2.05, 4.69) is 88.2 Å². The summed E-state index contributed by atoms with van der Waals surface area (Å²) in [4.78, 5) is 26.0. The number of hydrogen-bond acceptors (Lipinski definition) is 5. The first-order valence-electron chi connectivity index (χ1n) is 13.5. The van der Waals surface area contributed by atoms with Crippen LogP contribution in [-0.4, -0.2) is 11.9 Å². The van der Waals surface area contributed by atoms with Crippen molar-refractivity contribution in [2.45, 2.75) is 65.6 Å². The molecular weight excluding hydrogens is 486 g/mol. The van der Waals surface area contributed by atoms with Crippen molar-refractivity contribution in [3.63, 3.8) is 0 Å². The summed E-state index contributed by atoms with van der Waals surface area (Å²) in [5, 5.41) is 0. The first-order valence-corrected chi connectivity index (χ1v) is 13.5. The Morgan fingerprint density at radius 3 is 1.46 bits per heavy atom. The van der Waals surface area contributed by atoms with Gasteiger partial charge in [0.1, 0.15) is 12.2 Å². The fraction of sp³-hybridized carbons (Fsp3) is 0.294. The highest BCUT2D eigenvalue weighted by molar-refractivity contribution is 5.82. The second-order valence-corrected chi connectivity index (χ2v) is 9.62. The summed E-state index contributed by atoms with van der Waals surface area (Å²) in [7, 11) is 0. The minimum absolute atomic E-state index is 0.322. The van der Waals surface area contributed by atoms with Gasteiger partial charge in [-0.2, -0.15) is 0 Å². The predicted molar refractivity (Wildman–Crippen MR) is 158 cm³/mol. The lowest BCUT2D eigenvalue weighted by Crippen LogP contribution is -2.13. The van der Waals surface area contributed by atoms with E-state index in [4.69, 9.17) is 9.47 Å². The highest BCUT2D eigenvalue weighted by atomic mass is 16.5. The van der Waals surface area contributed by atoms with Gasteiger partial charge < -0.3 is 14.4 Å². The number of carbonyl (C=O) groups excluding carboxylic acids is 2. The summed E-state index contributed by atoms with van der Waals surface area (Å²) in [5.74, 6) is -0.843. The molecule has 2 unspecified atom stereocenters. The summed E-state index contributed by atoms with van der Waals surface area (Å²) in [6, 6.07) is 22.7. The molecule has 0 radical (unpaired) electrons. The van der Waals surface area contributed by atoms with Gasteiger partial charge >= 0.3 is 11.9 Å². The van der Waals surface area contributed by atoms with Crippen molar-refractivity contribution in [3.8, 4) is 0 Å². The van der Waals surface area contributed by atoms with Crippen LogP contribution in [0.25, 0.3) is 0 Å². The summed E-state index contributed by atoms with van der Waals surface area (Å²) in [6.45, 7) is 15.4. The molecule has 0 aliphatic heterocycles. The maximum absolute atomic E-state index is 11.9. The van der Waals surface area contributed by atoms with Gasteiger partial charge in [0.15, 0.2) is 0 Å². The Balaban J connectivity index is 2.01. The largest absolute Gasteiger partial charge is 0.454 e. The Hall–Kier alpha value is -4.12. The second-order valence-electron chi connectivity index (χ2n) is 9.62. The topological polar surface area (TPSA) is 55.8 Å². The molecule has 3 aromatic rings. The number of carbonyl (C=O) groups is 2. The quantitative estimate of drug-likeness (QED) is 0.165. The van der Waals surface area contributed by atoms with Gasteiger partial charge in [-0.1, -0.05) is 70.2 Å². The fourth-order valence-electron chi connectivity index (χ4n) is 4.48. The fourth-order valence-corrected chi connectivity index (χ4v) is 4.48. The van der Waals surface area contributed by atoms with E-state index in [1.807, 2.05) is 24.3 Å². The lowest BCUT2D eigenvalue weighted by Gasteiger charge is -2.27. The van der Waals surface area contributed by atoms with Crippen molar-refractivity contribution in [1.82, 2.24) is 0 Å². The number of esters is 2. The van der Waals surface area contributed by atoms with Gasteiger partial charge in [0.2, 0.25) is 0 Å². The van der Waals surface area contributed by atoms with E-state index >= 15 is 0 Å². The molecule has 0 fully saturated rings. The van der Waals surface area contributed by atoms with Crippen LogP contribution in [0.4, 0.5) is 17.1 Å². The van der Waals surface area contributed by atoms with Gasteiger partial charge in [0.05, 0.1) is 0 Å². The van der Waals surface area contributed by atoms with Gasteiger partial charge in [-0.05, 0) is 85.3 Å². The molecule has 0 spiro atoms. The highest BCUT2D eigenvalue weighted by Gasteiger charge is 2.19. The Bertz CT molecular complexity index is 1200. The van der Waals surface area contributed by atoms with E-state index in [0.717, 1.165) is 53.9 Å². The van der Waals surface area contributed by atoms with Crippen LogP contribution in [0.2, 0.25) is 0 Å². The monoisotopic (exact) mass is 525 g/mol. The maximum atomic E-state index is 11.9. The Morgan fingerprint density at radius 1 is 0.692 bits per heavy atom. The molecule has 0 heterocycles. The van der Waals surface area contributed by atoms with Crippen LogP contribution >= 0.6 is 0 Å². The van der Waals surface area contributed by atoms with Gasteiger partial charge in [-0.25, -0.2) is 9.59 Å². The molecule has 204 valence electrons. The average Bonchev–Trinajstić information content (AvgIpc) is 2.95. The average molecular weight is 526 g/mol. The molecule has 2 atom stereocenters. The first kappa shape index (κ1) is 29.4. The number of hydrogen-bond donors (Lipinski definition) is 0. The molecule has 0 saturated heterocycles. The van der Waals surface area contributed by atoms with Crippen molar-refractivity contribution >= 4 is 29.0 Å². The highest BCUT2D eigenvalue weighted by Crippen LogP contribution is 2.37. The molecular formula is C34H39NO4. The number of anilines is 3. The van der Waals surface area contributed by atoms with Gasteiger partial charge in [-0.3, -0.25) is 0 Å². The summed E-state index contributed by atoms with van der Waals surface area (Å²) >= 11 is 0. The molecule has 0 amide bonds. The SMILES string of the molecule is C=CC(=O)OC(CCC)c1ccc(N(c2ccc(C(CCC)OC(=O)C=C)cc2)c2ccc(C)c(C)c2)cc1. The Kier molecular flexibility index (Phi) is 10.7. The Morgan fingerprint density at radius 2 is 1.10 bits per heavy atom. The van der Waals surface area contributed by atoms with Gasteiger partial charge in [0.25, 0.3) is 0 Å². The molecule has 3 aromatic carbocycles. The molecule has 0 saturated carbocycles. The van der Waals surface area contributed by atoms with Crippen molar-refractivity contribution in [2.75, 3.05) is 4.90 Å². The molecule has 5 nitrogen and oxygen atoms in total. The van der Waals surface area contributed by atoms with Crippen LogP contribution in [0.15, 0.2) is 92.0 Å². The number of aryl methyl sites for hydroxylation is 2. The number of benzene rings is 3. The van der Waals surface area contributed by atoms with E-state index in [1.165, 1.54) is 23.3 Å². The molecule has 3 rings (SSSR count). The minimum atomic E-state index is -0.422. The molecule has 5 heteroatoms. The minimum Gasteiger partial charge on any atom is -0.454 e. The lowest BCUT2D eigenvalue weighted by molar-refractivity contribution is -0.144. The number of nitrogens with zero attached hydrogens (tertiary/aromatic N) is 1. The van der Waals surface area contributed by atoms with E-state index in [-0.39, 0.29) is 12.2 Å². The number of rotatable bonds is 13. The predicted octanol–water partition coefficient (Wildman–Crippen LogP) is 8.91. The zero-order valence-electron chi connectivity index (χ0n) is 23.5. The normalized spacial score (nSPS) is 12.2. The second kappa shape index (κ2) is 14.1. The summed E-state index contributed by atoms with van der Waals surface area (Å²) in [6.07, 6.45) is 5.00. The lowest BCUT2D eigenvalue weighted by atomic mass is 10.0. The zero-order chi connectivity index (χ0) is 28.4. The molecule has 39 heavy (non-hydrogen) atoms. The number of ether oxygens (including phenoxy) is 2. The zero-order valence-corrected chi connectivity index (χ0v) is 23.5. The maximum Gasteiger partial charge on any atom is 0.330 e. The molecule has 0 aliphatic rings. The summed E-state index contributed by atoms with van der Waals surface area (Å²) in [5.41, 5.74) is 7.29. The van der Waals surface area contributed by atoms with Crippen molar-refractivity contribution in [3.05, 3.63) is 114 Å². The van der Waals surface area contributed by atoms with Crippen LogP contribution in [-0.2, 0) is 19.1 Å². The van der Waals surface area contributed by atoms with E-state index in [0.29, 0.717) is 0 Å². The van der Waals surface area contributed by atoms with Crippen LogP contribution < -0.4 is 4.90 Å². The van der Waals surface area contributed by atoms with Crippen LogP contribution in [0.1, 0.15) is 74.0 Å². The molecule has 0 aromatic heterocycles. The van der Waals surface area contributed by atoms with Crippen LogP contribution in [0, 0.1) is 13.8 Å². The van der Waals surface area contributed by atoms with Crippen LogP contribution in [0.3, 0.4) is 0 Å². The van der Waals surface area contributed by atoms with E-state index < -0.39 is 11.9 Å². The molecule has 0 bridgehead atoms. The third-order valence-corrected chi connectivity index (χ3v) is 6.75. The molecule has 0 N–H and O–H groups in total. The third-order valence-electron chi connectivity index (χ3n) is 6.75. The first-order chi connectivity index (χ1) is 18.8. The molecule has 0 aliphatic carbocycles. The summed E-state index contributed by atoms with van der Waals surface area (Å²) < 4.78 is 11.2. The van der Waals surface area contributed by atoms with E-state index in [9.17, 15) is 9.59 Å². The standard InChI is InChI=1S/C34H39NO4/c1-7-11-31(38-33(36)9-3)26-14-19-28(20-15-26)35(30-18-13-24(5)25(6)23-30)29-21-16-27(17-22-29)32(12-8-2)39-34(37)10-4/h9-10,13-23,31-32H,3-4,7-8,11-12H2,1-2,5-6H3. The Labute approximate surface area is 232 Å². The van der Waals surface area contributed by atoms with Gasteiger partial charge in [0, 0.05) is 29.2 Å². The smallest absolute Gasteiger partial charge is 0.330 e. The third kappa shape index (κ3) is 7.70. The van der Waals surface area contributed by atoms with Crippen molar-refractivity contribution in [1.29, 1.82) is 0 Å².